The van der Waals surface area contributed by atoms with Gasteiger partial charge in [0.2, 0.25) is 0 Å². The van der Waals surface area contributed by atoms with Gasteiger partial charge in [0, 0.05) is 6.08 Å². The molecule has 0 saturated heterocycles. The summed E-state index contributed by atoms with van der Waals surface area (Å²) in [6.45, 7) is 2.17. The Bertz CT molecular complexity index is 301. The molecule has 2 nitrogen and oxygen atoms in total. The van der Waals surface area contributed by atoms with Crippen molar-refractivity contribution < 1.29 is 9.90 Å². The largest absolute Gasteiger partial charge is 0.478 e. The Morgan fingerprint density at radius 2 is 1.20 bits per heavy atom. The van der Waals surface area contributed by atoms with Gasteiger partial charge < -0.3 is 5.11 Å². The van der Waals surface area contributed by atoms with Gasteiger partial charge in [0.15, 0.2) is 0 Å². The summed E-state index contributed by atoms with van der Waals surface area (Å²) in [6.07, 6.45) is 23.7. The van der Waals surface area contributed by atoms with E-state index in [1.165, 1.54) is 44.6 Å². The monoisotopic (exact) mass is 278 g/mol. The molecule has 0 bridgehead atoms. The fourth-order valence-electron chi connectivity index (χ4n) is 1.93. The average molecular weight is 278 g/mol. The Kier molecular flexibility index (Phi) is 14.7. The van der Waals surface area contributed by atoms with Gasteiger partial charge in [-0.05, 0) is 57.8 Å². The van der Waals surface area contributed by atoms with Gasteiger partial charge in [-0.3, -0.25) is 0 Å². The quantitative estimate of drug-likeness (QED) is 0.268. The summed E-state index contributed by atoms with van der Waals surface area (Å²) < 4.78 is 0. The third-order valence-corrected chi connectivity index (χ3v) is 3.06. The minimum absolute atomic E-state index is 0.849. The zero-order valence-corrected chi connectivity index (χ0v) is 12.9. The van der Waals surface area contributed by atoms with Gasteiger partial charge in [-0.1, -0.05) is 43.7 Å². The smallest absolute Gasteiger partial charge is 0.327 e. The van der Waals surface area contributed by atoms with Crippen LogP contribution in [0.5, 0.6) is 0 Å². The maximum atomic E-state index is 10.2. The van der Waals surface area contributed by atoms with Gasteiger partial charge >= 0.3 is 5.97 Å². The first-order valence-corrected chi connectivity index (χ1v) is 7.96. The number of aliphatic carboxylic acids is 1. The molecule has 0 spiro atoms. The molecule has 20 heavy (non-hydrogen) atoms. The van der Waals surface area contributed by atoms with Crippen molar-refractivity contribution in [1.29, 1.82) is 0 Å². The predicted molar refractivity (Wildman–Crippen MR) is 86.9 cm³/mol. The average Bonchev–Trinajstić information content (AvgIpc) is 2.43. The molecular formula is C18H30O2. The van der Waals surface area contributed by atoms with Crippen molar-refractivity contribution in [2.24, 2.45) is 0 Å². The van der Waals surface area contributed by atoms with Crippen LogP contribution in [-0.4, -0.2) is 11.1 Å². The van der Waals surface area contributed by atoms with E-state index in [0.29, 0.717) is 0 Å². The Balaban J connectivity index is 3.20. The number of rotatable bonds is 13. The number of carboxylic acids is 1. The maximum Gasteiger partial charge on any atom is 0.327 e. The van der Waals surface area contributed by atoms with Gasteiger partial charge in [0.05, 0.1) is 0 Å². The lowest BCUT2D eigenvalue weighted by Crippen LogP contribution is -1.85. The molecule has 0 heterocycles. The van der Waals surface area contributed by atoms with Crippen LogP contribution >= 0.6 is 0 Å². The Morgan fingerprint density at radius 1 is 0.750 bits per heavy atom. The van der Waals surface area contributed by atoms with Gasteiger partial charge in [0.1, 0.15) is 0 Å². The van der Waals surface area contributed by atoms with Gasteiger partial charge in [-0.15, -0.1) is 0 Å². The van der Waals surface area contributed by atoms with Crippen LogP contribution in [0.1, 0.15) is 71.1 Å². The second-order valence-electron chi connectivity index (χ2n) is 5.01. The standard InChI is InChI=1S/C18H30O2/c1-2-3-4-5-6-7-8-9-10-11-12-13-14-15-16-17-18(19)20/h3-4,9-10,16-17H,2,5-8,11-15H2,1H3,(H,19,20). The van der Waals surface area contributed by atoms with Gasteiger partial charge in [-0.2, -0.15) is 0 Å². The first-order chi connectivity index (χ1) is 9.77. The second-order valence-corrected chi connectivity index (χ2v) is 5.01. The van der Waals surface area contributed by atoms with Gasteiger partial charge in [0.25, 0.3) is 0 Å². The lowest BCUT2D eigenvalue weighted by molar-refractivity contribution is -0.131. The van der Waals surface area contributed by atoms with Crippen molar-refractivity contribution in [3.63, 3.8) is 0 Å². The van der Waals surface area contributed by atoms with Crippen molar-refractivity contribution >= 4 is 5.97 Å². The first kappa shape index (κ1) is 18.7. The number of unbranched alkanes of at least 4 members (excludes halogenated alkanes) is 7. The highest BCUT2D eigenvalue weighted by atomic mass is 16.4. The van der Waals surface area contributed by atoms with Gasteiger partial charge in [-0.25, -0.2) is 4.79 Å². The highest BCUT2D eigenvalue weighted by Crippen LogP contribution is 2.06. The zero-order valence-electron chi connectivity index (χ0n) is 12.9. The maximum absolute atomic E-state index is 10.2. The summed E-state index contributed by atoms with van der Waals surface area (Å²) in [7, 11) is 0. The molecule has 0 unspecified atom stereocenters. The minimum atomic E-state index is -0.849. The minimum Gasteiger partial charge on any atom is -0.478 e. The number of hydrogen-bond donors (Lipinski definition) is 1. The Hall–Kier alpha value is -1.31. The summed E-state index contributed by atoms with van der Waals surface area (Å²) in [5.41, 5.74) is 0. The summed E-state index contributed by atoms with van der Waals surface area (Å²) in [4.78, 5) is 10.2. The van der Waals surface area contributed by atoms with E-state index in [2.05, 4.69) is 31.2 Å². The molecule has 0 amide bonds. The molecule has 0 radical (unpaired) electrons. The molecule has 0 fully saturated rings. The van der Waals surface area contributed by atoms with E-state index in [0.717, 1.165) is 25.7 Å². The van der Waals surface area contributed by atoms with Crippen LogP contribution in [0.3, 0.4) is 0 Å². The zero-order chi connectivity index (χ0) is 14.9. The predicted octanol–water partition coefficient (Wildman–Crippen LogP) is 5.66. The third kappa shape index (κ3) is 16.7. The molecular weight excluding hydrogens is 248 g/mol. The van der Waals surface area contributed by atoms with E-state index in [4.69, 9.17) is 5.11 Å². The molecule has 2 heteroatoms. The van der Waals surface area contributed by atoms with Crippen molar-refractivity contribution in [3.8, 4) is 0 Å². The van der Waals surface area contributed by atoms with Crippen LogP contribution in [0.25, 0.3) is 0 Å². The molecule has 0 aliphatic heterocycles. The van der Waals surface area contributed by atoms with Crippen molar-refractivity contribution in [2.45, 2.75) is 71.1 Å². The van der Waals surface area contributed by atoms with Crippen LogP contribution < -0.4 is 0 Å². The molecule has 0 aliphatic carbocycles. The third-order valence-electron chi connectivity index (χ3n) is 3.06. The fourth-order valence-corrected chi connectivity index (χ4v) is 1.93. The SMILES string of the molecule is CCC=CCCCCC=CCCCCCC=CC(=O)O. The van der Waals surface area contributed by atoms with E-state index >= 15 is 0 Å². The van der Waals surface area contributed by atoms with E-state index in [1.807, 2.05) is 0 Å². The van der Waals surface area contributed by atoms with Crippen molar-refractivity contribution in [2.75, 3.05) is 0 Å². The molecule has 114 valence electrons. The van der Waals surface area contributed by atoms with E-state index < -0.39 is 5.97 Å². The number of carboxylic acid groups (broad SMARTS) is 1. The Morgan fingerprint density at radius 3 is 1.70 bits per heavy atom. The van der Waals surface area contributed by atoms with E-state index in [-0.39, 0.29) is 0 Å². The second kappa shape index (κ2) is 15.7. The number of allylic oxidation sites excluding steroid dienone is 5. The first-order valence-electron chi connectivity index (χ1n) is 7.96. The molecule has 0 aliphatic rings. The van der Waals surface area contributed by atoms with Crippen LogP contribution in [0, 0.1) is 0 Å². The molecule has 0 aromatic rings. The lowest BCUT2D eigenvalue weighted by atomic mass is 10.1. The summed E-state index contributed by atoms with van der Waals surface area (Å²) in [5, 5.41) is 8.42. The topological polar surface area (TPSA) is 37.3 Å². The van der Waals surface area contributed by atoms with Crippen LogP contribution in [0.4, 0.5) is 0 Å². The van der Waals surface area contributed by atoms with Crippen LogP contribution in [0.2, 0.25) is 0 Å². The highest BCUT2D eigenvalue weighted by molar-refractivity contribution is 5.79. The van der Waals surface area contributed by atoms with E-state index in [9.17, 15) is 4.79 Å². The number of hydrogen-bond acceptors (Lipinski definition) is 1. The summed E-state index contributed by atoms with van der Waals surface area (Å²) in [6, 6.07) is 0. The summed E-state index contributed by atoms with van der Waals surface area (Å²) >= 11 is 0. The lowest BCUT2D eigenvalue weighted by Gasteiger charge is -1.96. The molecule has 0 aromatic carbocycles. The Labute approximate surface area is 124 Å². The molecule has 0 saturated carbocycles. The fraction of sp³-hybridized carbons (Fsp3) is 0.611. The molecule has 1 N–H and O–H groups in total. The van der Waals surface area contributed by atoms with Crippen molar-refractivity contribution in [1.82, 2.24) is 0 Å². The van der Waals surface area contributed by atoms with Crippen LogP contribution in [0.15, 0.2) is 36.5 Å². The molecule has 0 atom stereocenters. The summed E-state index contributed by atoms with van der Waals surface area (Å²) in [5.74, 6) is -0.849. The molecule has 0 aromatic heterocycles. The normalized spacial score (nSPS) is 12.1. The van der Waals surface area contributed by atoms with Crippen molar-refractivity contribution in [3.05, 3.63) is 36.5 Å². The highest BCUT2D eigenvalue weighted by Gasteiger charge is 1.88. The van der Waals surface area contributed by atoms with Crippen LogP contribution in [-0.2, 0) is 4.79 Å². The molecule has 0 rings (SSSR count). The number of carbonyl (C=O) groups is 1. The van der Waals surface area contributed by atoms with E-state index in [1.54, 1.807) is 6.08 Å².